The molecule has 0 saturated heterocycles. The van der Waals surface area contributed by atoms with Crippen molar-refractivity contribution in [3.8, 4) is 11.5 Å². The summed E-state index contributed by atoms with van der Waals surface area (Å²) in [6.45, 7) is 10.2. The Labute approximate surface area is 244 Å². The molecule has 232 valence electrons. The summed E-state index contributed by atoms with van der Waals surface area (Å²) >= 11 is 0. The van der Waals surface area contributed by atoms with Crippen LogP contribution in [0.3, 0.4) is 0 Å². The molecule has 0 radical (unpaired) electrons. The van der Waals surface area contributed by atoms with Crippen molar-refractivity contribution < 1.29 is 42.9 Å². The standard InChI is InChI=1S/C31H49NO9/c1-7-10-12-14-28(33)40-26-17-16-24(19-27(26)41-29(34)15-13-11-8-2)18-25(30(35)37-6)32-20-23(5)39-31(36)38-21-22(4)9-3/h16-17,19,22-23,25,32H,7-15,18,20-21H2,1-6H3/t22?,23?,25-/m0/s1. The lowest BCUT2D eigenvalue weighted by Crippen LogP contribution is -2.43. The molecule has 0 aliphatic carbocycles. The van der Waals surface area contributed by atoms with Crippen molar-refractivity contribution in [2.75, 3.05) is 20.3 Å². The maximum absolute atomic E-state index is 12.5. The van der Waals surface area contributed by atoms with Crippen molar-refractivity contribution in [2.24, 2.45) is 5.92 Å². The Morgan fingerprint density at radius 1 is 0.854 bits per heavy atom. The molecule has 3 atom stereocenters. The number of unbranched alkanes of at least 4 members (excludes halogenated alkanes) is 4. The monoisotopic (exact) mass is 579 g/mol. The van der Waals surface area contributed by atoms with Gasteiger partial charge in [0.1, 0.15) is 12.1 Å². The van der Waals surface area contributed by atoms with Crippen LogP contribution in [-0.2, 0) is 35.0 Å². The van der Waals surface area contributed by atoms with Crippen molar-refractivity contribution in [2.45, 2.75) is 111 Å². The van der Waals surface area contributed by atoms with Gasteiger partial charge in [-0.05, 0) is 49.8 Å². The van der Waals surface area contributed by atoms with E-state index in [1.165, 1.54) is 7.11 Å². The summed E-state index contributed by atoms with van der Waals surface area (Å²) < 4.78 is 26.5. The van der Waals surface area contributed by atoms with Gasteiger partial charge in [-0.1, -0.05) is 65.9 Å². The molecule has 0 bridgehead atoms. The van der Waals surface area contributed by atoms with Crippen molar-refractivity contribution >= 4 is 24.1 Å². The van der Waals surface area contributed by atoms with Crippen LogP contribution in [0.15, 0.2) is 18.2 Å². The van der Waals surface area contributed by atoms with Crippen LogP contribution in [0.1, 0.15) is 98.0 Å². The lowest BCUT2D eigenvalue weighted by atomic mass is 10.0. The van der Waals surface area contributed by atoms with Crippen LogP contribution >= 0.6 is 0 Å². The molecule has 1 N–H and O–H groups in total. The Morgan fingerprint density at radius 2 is 1.46 bits per heavy atom. The molecule has 0 fully saturated rings. The van der Waals surface area contributed by atoms with Crippen molar-refractivity contribution in [1.29, 1.82) is 0 Å². The third-order valence-electron chi connectivity index (χ3n) is 6.48. The fraction of sp³-hybridized carbons (Fsp3) is 0.677. The predicted molar refractivity (Wildman–Crippen MR) is 155 cm³/mol. The summed E-state index contributed by atoms with van der Waals surface area (Å²) in [4.78, 5) is 49.3. The first kappa shape index (κ1) is 35.9. The van der Waals surface area contributed by atoms with E-state index >= 15 is 0 Å². The van der Waals surface area contributed by atoms with Gasteiger partial charge in [-0.3, -0.25) is 14.4 Å². The van der Waals surface area contributed by atoms with Crippen LogP contribution in [0, 0.1) is 5.92 Å². The Bertz CT molecular complexity index is 950. The summed E-state index contributed by atoms with van der Waals surface area (Å²) in [7, 11) is 1.29. The number of ether oxygens (including phenoxy) is 5. The average molecular weight is 580 g/mol. The molecule has 0 heterocycles. The Hall–Kier alpha value is -3.14. The molecular formula is C31H49NO9. The summed E-state index contributed by atoms with van der Waals surface area (Å²) in [5, 5.41) is 3.07. The summed E-state index contributed by atoms with van der Waals surface area (Å²) in [5.41, 5.74) is 0.650. The second-order valence-corrected chi connectivity index (χ2v) is 10.3. The number of hydrogen-bond acceptors (Lipinski definition) is 10. The fourth-order valence-electron chi connectivity index (χ4n) is 3.72. The van der Waals surface area contributed by atoms with Gasteiger partial charge in [0.15, 0.2) is 11.5 Å². The molecule has 0 amide bonds. The molecule has 10 heteroatoms. The molecule has 2 unspecified atom stereocenters. The number of carbonyl (C=O) groups excluding carboxylic acids is 4. The summed E-state index contributed by atoms with van der Waals surface area (Å²) in [6.07, 6.45) is 5.41. The zero-order valence-corrected chi connectivity index (χ0v) is 25.6. The molecule has 0 aliphatic heterocycles. The molecule has 0 aliphatic rings. The molecule has 1 aromatic carbocycles. The third-order valence-corrected chi connectivity index (χ3v) is 6.48. The predicted octanol–water partition coefficient (Wildman–Crippen LogP) is 5.92. The average Bonchev–Trinajstić information content (AvgIpc) is 2.95. The zero-order valence-electron chi connectivity index (χ0n) is 25.6. The first-order valence-corrected chi connectivity index (χ1v) is 14.8. The summed E-state index contributed by atoms with van der Waals surface area (Å²) in [6, 6.07) is 4.08. The maximum Gasteiger partial charge on any atom is 0.508 e. The van der Waals surface area contributed by atoms with Gasteiger partial charge in [0.05, 0.1) is 13.7 Å². The first-order chi connectivity index (χ1) is 19.6. The van der Waals surface area contributed by atoms with E-state index in [9.17, 15) is 19.2 Å². The smallest absolute Gasteiger partial charge is 0.468 e. The zero-order chi connectivity index (χ0) is 30.6. The molecule has 41 heavy (non-hydrogen) atoms. The van der Waals surface area contributed by atoms with E-state index in [0.29, 0.717) is 18.4 Å². The van der Waals surface area contributed by atoms with Gasteiger partial charge in [-0.25, -0.2) is 4.79 Å². The number of benzene rings is 1. The highest BCUT2D eigenvalue weighted by Crippen LogP contribution is 2.30. The van der Waals surface area contributed by atoms with Gasteiger partial charge in [0.2, 0.25) is 0 Å². The van der Waals surface area contributed by atoms with Gasteiger partial charge in [-0.15, -0.1) is 0 Å². The number of methoxy groups -OCH3 is 1. The van der Waals surface area contributed by atoms with E-state index < -0.39 is 36.2 Å². The second kappa shape index (κ2) is 20.7. The molecule has 1 aromatic rings. The minimum Gasteiger partial charge on any atom is -0.468 e. The molecule has 1 rings (SSSR count). The van der Waals surface area contributed by atoms with E-state index in [-0.39, 0.29) is 49.8 Å². The quantitative estimate of drug-likeness (QED) is 0.113. The third kappa shape index (κ3) is 15.4. The number of nitrogens with one attached hydrogen (secondary N) is 1. The van der Waals surface area contributed by atoms with E-state index in [2.05, 4.69) is 5.32 Å². The highest BCUT2D eigenvalue weighted by molar-refractivity contribution is 5.77. The van der Waals surface area contributed by atoms with E-state index in [1.807, 2.05) is 27.7 Å². The SMILES string of the molecule is CCCCCC(=O)Oc1ccc(C[C@H](NCC(C)OC(=O)OCC(C)CC)C(=O)OC)cc1OC(=O)CCCCC. The first-order valence-electron chi connectivity index (χ1n) is 14.8. The lowest BCUT2D eigenvalue weighted by Gasteiger charge is -2.20. The van der Waals surface area contributed by atoms with Crippen LogP contribution in [0.2, 0.25) is 0 Å². The van der Waals surface area contributed by atoms with Crippen molar-refractivity contribution in [1.82, 2.24) is 5.32 Å². The van der Waals surface area contributed by atoms with Crippen LogP contribution in [-0.4, -0.2) is 56.5 Å². The van der Waals surface area contributed by atoms with Crippen LogP contribution in [0.5, 0.6) is 11.5 Å². The molecular weight excluding hydrogens is 530 g/mol. The number of carbonyl (C=O) groups is 4. The minimum atomic E-state index is -0.780. The molecule has 10 nitrogen and oxygen atoms in total. The number of esters is 3. The maximum atomic E-state index is 12.5. The number of rotatable bonds is 20. The Balaban J connectivity index is 2.96. The van der Waals surface area contributed by atoms with Crippen LogP contribution < -0.4 is 14.8 Å². The van der Waals surface area contributed by atoms with Gasteiger partial charge in [-0.2, -0.15) is 0 Å². The van der Waals surface area contributed by atoms with E-state index in [0.717, 1.165) is 32.1 Å². The van der Waals surface area contributed by atoms with Crippen molar-refractivity contribution in [3.63, 3.8) is 0 Å². The largest absolute Gasteiger partial charge is 0.508 e. The highest BCUT2D eigenvalue weighted by atomic mass is 16.7. The van der Waals surface area contributed by atoms with Crippen LogP contribution in [0.25, 0.3) is 0 Å². The van der Waals surface area contributed by atoms with Gasteiger partial charge < -0.3 is 29.0 Å². The van der Waals surface area contributed by atoms with Crippen molar-refractivity contribution in [3.05, 3.63) is 23.8 Å². The normalized spacial score (nSPS) is 13.0. The molecule has 0 aromatic heterocycles. The highest BCUT2D eigenvalue weighted by Gasteiger charge is 2.23. The second-order valence-electron chi connectivity index (χ2n) is 10.3. The van der Waals surface area contributed by atoms with Gasteiger partial charge >= 0.3 is 24.1 Å². The fourth-order valence-corrected chi connectivity index (χ4v) is 3.72. The van der Waals surface area contributed by atoms with Gasteiger partial charge in [0, 0.05) is 19.4 Å². The molecule has 0 spiro atoms. The molecule has 0 saturated carbocycles. The minimum absolute atomic E-state index is 0.122. The Kier molecular flexibility index (Phi) is 18.1. The van der Waals surface area contributed by atoms with Crippen LogP contribution in [0.4, 0.5) is 4.79 Å². The van der Waals surface area contributed by atoms with E-state index in [1.54, 1.807) is 25.1 Å². The topological polar surface area (TPSA) is 126 Å². The van der Waals surface area contributed by atoms with E-state index in [4.69, 9.17) is 23.7 Å². The van der Waals surface area contributed by atoms with Gasteiger partial charge in [0.25, 0.3) is 0 Å². The summed E-state index contributed by atoms with van der Waals surface area (Å²) in [5.74, 6) is -0.831. The number of hydrogen-bond donors (Lipinski definition) is 1. The lowest BCUT2D eigenvalue weighted by molar-refractivity contribution is -0.143. The Morgan fingerprint density at radius 3 is 2.02 bits per heavy atom.